The van der Waals surface area contributed by atoms with Crippen LogP contribution in [-0.4, -0.2) is 40.2 Å². The number of aromatic hydroxyl groups is 1. The Balaban J connectivity index is 1.48. The first-order valence-corrected chi connectivity index (χ1v) is 10.8. The third-order valence-corrected chi connectivity index (χ3v) is 6.20. The molecule has 1 amide bonds. The van der Waals surface area contributed by atoms with Crippen LogP contribution in [0.2, 0.25) is 0 Å². The third-order valence-electron chi connectivity index (χ3n) is 6.20. The SMILES string of the molecule is NC(=O)[C@@H](Nc1cc2c3c(c(-c4ccc5ncc(O)cc5c4)[nH]c3c1)NCCO2)C1CC1. The maximum absolute atomic E-state index is 11.9. The van der Waals surface area contributed by atoms with E-state index in [9.17, 15) is 9.90 Å². The number of ether oxygens (including phenoxy) is 1. The summed E-state index contributed by atoms with van der Waals surface area (Å²) >= 11 is 0. The predicted molar refractivity (Wildman–Crippen MR) is 124 cm³/mol. The molecule has 0 bridgehead atoms. The molecular formula is C24H23N5O3. The number of rotatable bonds is 5. The van der Waals surface area contributed by atoms with Crippen LogP contribution in [0.3, 0.4) is 0 Å². The zero-order valence-electron chi connectivity index (χ0n) is 17.3. The number of nitrogens with one attached hydrogen (secondary N) is 3. The molecule has 0 spiro atoms. The lowest BCUT2D eigenvalue weighted by Crippen LogP contribution is -2.37. The quantitative estimate of drug-likeness (QED) is 0.330. The second-order valence-electron chi connectivity index (χ2n) is 8.51. The second kappa shape index (κ2) is 7.05. The van der Waals surface area contributed by atoms with Gasteiger partial charge in [-0.15, -0.1) is 0 Å². The van der Waals surface area contributed by atoms with Crippen molar-refractivity contribution < 1.29 is 14.6 Å². The number of carbonyl (C=O) groups excluding carboxylic acids is 1. The molecule has 0 unspecified atom stereocenters. The summed E-state index contributed by atoms with van der Waals surface area (Å²) in [7, 11) is 0. The molecule has 162 valence electrons. The molecule has 1 aliphatic heterocycles. The fourth-order valence-corrected chi connectivity index (χ4v) is 4.53. The van der Waals surface area contributed by atoms with E-state index in [1.165, 1.54) is 6.20 Å². The van der Waals surface area contributed by atoms with Gasteiger partial charge in [-0.2, -0.15) is 0 Å². The van der Waals surface area contributed by atoms with E-state index in [-0.39, 0.29) is 17.7 Å². The number of benzene rings is 2. The highest BCUT2D eigenvalue weighted by molar-refractivity contribution is 6.07. The third kappa shape index (κ3) is 3.15. The zero-order chi connectivity index (χ0) is 21.8. The number of amides is 1. The summed E-state index contributed by atoms with van der Waals surface area (Å²) in [4.78, 5) is 19.7. The molecule has 32 heavy (non-hydrogen) atoms. The Hall–Kier alpha value is -3.94. The van der Waals surface area contributed by atoms with Crippen LogP contribution in [0.4, 0.5) is 11.4 Å². The molecule has 1 aliphatic carbocycles. The molecule has 2 aromatic carbocycles. The molecule has 1 saturated carbocycles. The van der Waals surface area contributed by atoms with Crippen molar-refractivity contribution in [3.8, 4) is 22.8 Å². The van der Waals surface area contributed by atoms with Crippen molar-refractivity contribution in [3.05, 3.63) is 42.6 Å². The highest BCUT2D eigenvalue weighted by Gasteiger charge is 2.35. The average Bonchev–Trinajstić information content (AvgIpc) is 3.57. The summed E-state index contributed by atoms with van der Waals surface area (Å²) in [6.07, 6.45) is 3.47. The Labute approximate surface area is 183 Å². The first-order chi connectivity index (χ1) is 15.6. The van der Waals surface area contributed by atoms with Gasteiger partial charge in [0.2, 0.25) is 5.91 Å². The van der Waals surface area contributed by atoms with Crippen LogP contribution in [0, 0.1) is 5.92 Å². The smallest absolute Gasteiger partial charge is 0.240 e. The van der Waals surface area contributed by atoms with Gasteiger partial charge in [-0.1, -0.05) is 6.07 Å². The summed E-state index contributed by atoms with van der Waals surface area (Å²) in [5.74, 6) is 0.851. The fourth-order valence-electron chi connectivity index (χ4n) is 4.53. The van der Waals surface area contributed by atoms with E-state index in [0.717, 1.165) is 63.0 Å². The Morgan fingerprint density at radius 2 is 2.12 bits per heavy atom. The van der Waals surface area contributed by atoms with Crippen LogP contribution < -0.4 is 21.1 Å². The molecule has 4 aromatic rings. The Morgan fingerprint density at radius 1 is 1.25 bits per heavy atom. The van der Waals surface area contributed by atoms with Crippen LogP contribution in [0.25, 0.3) is 33.1 Å². The van der Waals surface area contributed by atoms with Gasteiger partial charge in [0.05, 0.1) is 34.0 Å². The van der Waals surface area contributed by atoms with Gasteiger partial charge in [0.25, 0.3) is 0 Å². The summed E-state index contributed by atoms with van der Waals surface area (Å²) in [5, 5.41) is 18.5. The van der Waals surface area contributed by atoms with Crippen molar-refractivity contribution in [2.24, 2.45) is 11.7 Å². The van der Waals surface area contributed by atoms with E-state index in [4.69, 9.17) is 10.5 Å². The van der Waals surface area contributed by atoms with Crippen LogP contribution >= 0.6 is 0 Å². The number of H-pyrrole nitrogens is 1. The molecule has 1 fully saturated rings. The largest absolute Gasteiger partial charge is 0.506 e. The van der Waals surface area contributed by atoms with E-state index in [1.54, 1.807) is 6.07 Å². The Kier molecular flexibility index (Phi) is 4.14. The van der Waals surface area contributed by atoms with Crippen LogP contribution in [0.15, 0.2) is 42.6 Å². The molecule has 8 heteroatoms. The topological polar surface area (TPSA) is 125 Å². The first kappa shape index (κ1) is 18.8. The van der Waals surface area contributed by atoms with Gasteiger partial charge >= 0.3 is 0 Å². The van der Waals surface area contributed by atoms with Crippen molar-refractivity contribution in [2.75, 3.05) is 23.8 Å². The summed E-state index contributed by atoms with van der Waals surface area (Å²) in [6.45, 7) is 1.20. The van der Waals surface area contributed by atoms with Crippen molar-refractivity contribution in [2.45, 2.75) is 18.9 Å². The molecule has 2 aromatic heterocycles. The van der Waals surface area contributed by atoms with Gasteiger partial charge in [0, 0.05) is 29.2 Å². The van der Waals surface area contributed by atoms with Gasteiger partial charge in [0.15, 0.2) is 0 Å². The number of aromatic amines is 1. The number of primary amides is 1. The number of nitrogens with zero attached hydrogens (tertiary/aromatic N) is 1. The van der Waals surface area contributed by atoms with E-state index in [0.29, 0.717) is 19.1 Å². The normalized spacial score (nSPS) is 16.2. The molecule has 8 nitrogen and oxygen atoms in total. The van der Waals surface area contributed by atoms with Crippen LogP contribution in [0.1, 0.15) is 12.8 Å². The van der Waals surface area contributed by atoms with E-state index < -0.39 is 0 Å². The lowest BCUT2D eigenvalue weighted by molar-refractivity contribution is -0.119. The van der Waals surface area contributed by atoms with E-state index in [1.807, 2.05) is 30.3 Å². The maximum atomic E-state index is 11.9. The zero-order valence-corrected chi connectivity index (χ0v) is 17.3. The molecule has 6 rings (SSSR count). The molecular weight excluding hydrogens is 406 g/mol. The summed E-state index contributed by atoms with van der Waals surface area (Å²) in [6, 6.07) is 11.2. The lowest BCUT2D eigenvalue weighted by Gasteiger charge is -2.17. The second-order valence-corrected chi connectivity index (χ2v) is 8.51. The van der Waals surface area contributed by atoms with E-state index >= 15 is 0 Å². The predicted octanol–water partition coefficient (Wildman–Crippen LogP) is 3.57. The monoisotopic (exact) mass is 429 g/mol. The van der Waals surface area contributed by atoms with Gasteiger partial charge in [-0.3, -0.25) is 9.78 Å². The summed E-state index contributed by atoms with van der Waals surface area (Å²) in [5.41, 5.74) is 11.0. The number of aromatic nitrogens is 2. The molecule has 2 aliphatic rings. The van der Waals surface area contributed by atoms with Crippen molar-refractivity contribution in [1.29, 1.82) is 0 Å². The number of pyridine rings is 1. The number of fused-ring (bicyclic) bond motifs is 1. The highest BCUT2D eigenvalue weighted by Crippen LogP contribution is 2.44. The van der Waals surface area contributed by atoms with Gasteiger partial charge in [-0.25, -0.2) is 0 Å². The molecule has 6 N–H and O–H groups in total. The minimum Gasteiger partial charge on any atom is -0.506 e. The van der Waals surface area contributed by atoms with Crippen LogP contribution in [0.5, 0.6) is 11.5 Å². The fraction of sp³-hybridized carbons (Fsp3) is 0.250. The number of anilines is 2. The lowest BCUT2D eigenvalue weighted by atomic mass is 10.1. The Morgan fingerprint density at radius 3 is 2.94 bits per heavy atom. The summed E-state index contributed by atoms with van der Waals surface area (Å²) < 4.78 is 6.03. The number of hydrogen-bond acceptors (Lipinski definition) is 6. The first-order valence-electron chi connectivity index (χ1n) is 10.8. The minimum absolute atomic E-state index is 0.133. The molecule has 1 atom stereocenters. The van der Waals surface area contributed by atoms with Crippen molar-refractivity contribution >= 4 is 39.1 Å². The van der Waals surface area contributed by atoms with E-state index in [2.05, 4.69) is 20.6 Å². The van der Waals surface area contributed by atoms with Crippen molar-refractivity contribution in [1.82, 2.24) is 9.97 Å². The van der Waals surface area contributed by atoms with Gasteiger partial charge < -0.3 is 31.2 Å². The molecule has 0 saturated heterocycles. The van der Waals surface area contributed by atoms with Gasteiger partial charge in [-0.05, 0) is 43.0 Å². The molecule has 3 heterocycles. The van der Waals surface area contributed by atoms with Gasteiger partial charge in [0.1, 0.15) is 24.1 Å². The minimum atomic E-state index is -0.377. The average molecular weight is 429 g/mol. The standard InChI is InChI=1S/C24H23N5O3/c25-24(31)22(12-1-2-12)28-15-9-18-20-19(10-15)32-6-5-26-23(20)21(29-18)13-3-4-17-14(7-13)8-16(30)11-27-17/h3-4,7-12,22,26,28-30H,1-2,5-6H2,(H2,25,31)/t22-/m0/s1. The number of nitrogens with two attached hydrogens (primary N) is 1. The van der Waals surface area contributed by atoms with Crippen LogP contribution in [-0.2, 0) is 4.79 Å². The molecule has 0 radical (unpaired) electrons. The Bertz CT molecular complexity index is 1380. The maximum Gasteiger partial charge on any atom is 0.240 e. The number of hydrogen-bond donors (Lipinski definition) is 5. The number of carbonyl (C=O) groups is 1. The highest BCUT2D eigenvalue weighted by atomic mass is 16.5. The van der Waals surface area contributed by atoms with Crippen molar-refractivity contribution in [3.63, 3.8) is 0 Å².